The van der Waals surface area contributed by atoms with Crippen molar-refractivity contribution in [2.24, 2.45) is 0 Å². The van der Waals surface area contributed by atoms with E-state index >= 15 is 0 Å². The predicted molar refractivity (Wildman–Crippen MR) is 173 cm³/mol. The molecule has 0 saturated carbocycles. The van der Waals surface area contributed by atoms with Gasteiger partial charge in [0.05, 0.1) is 36.8 Å². The number of hydrogen-bond donors (Lipinski definition) is 0. The summed E-state index contributed by atoms with van der Waals surface area (Å²) in [5.74, 6) is 1.46. The number of nitrogens with zero attached hydrogens (tertiary/aromatic N) is 1. The van der Waals surface area contributed by atoms with Crippen molar-refractivity contribution in [1.82, 2.24) is 0 Å². The van der Waals surface area contributed by atoms with Crippen LogP contribution in [0.15, 0.2) is 45.3 Å². The average Bonchev–Trinajstić information content (AvgIpc) is 3.26. The first-order chi connectivity index (χ1) is 20.2. The summed E-state index contributed by atoms with van der Waals surface area (Å²) in [6.45, 7) is 3.29. The first-order valence-corrected chi connectivity index (χ1v) is 19.5. The van der Waals surface area contributed by atoms with Crippen molar-refractivity contribution in [2.45, 2.75) is 43.6 Å². The van der Waals surface area contributed by atoms with Crippen LogP contribution in [0.5, 0.6) is 0 Å². The molecule has 0 aromatic heterocycles. The number of thioether (sulfide) groups is 1. The third-order valence-electron chi connectivity index (χ3n) is 7.11. The summed E-state index contributed by atoms with van der Waals surface area (Å²) in [5, 5.41) is 0. The van der Waals surface area contributed by atoms with E-state index < -0.39 is 56.5 Å². The smallest absolute Gasteiger partial charge is 0.421 e. The molecule has 0 radical (unpaired) electrons. The summed E-state index contributed by atoms with van der Waals surface area (Å²) in [7, 11) is -8.01. The van der Waals surface area contributed by atoms with Crippen molar-refractivity contribution < 1.29 is 44.3 Å². The van der Waals surface area contributed by atoms with Gasteiger partial charge in [-0.3, -0.25) is 18.0 Å². The van der Waals surface area contributed by atoms with Crippen LogP contribution < -0.4 is 4.90 Å². The highest BCUT2D eigenvalue weighted by molar-refractivity contribution is 9.10. The predicted octanol–water partition coefficient (Wildman–Crippen LogP) is 4.48. The topological polar surface area (TPSA) is 150 Å². The number of carbonyl (C=O) groups is 3. The molecule has 11 nitrogen and oxygen atoms in total. The molecule has 0 unspecified atom stereocenters. The Kier molecular flexibility index (Phi) is 9.89. The van der Waals surface area contributed by atoms with Gasteiger partial charge in [-0.05, 0) is 61.7 Å². The number of fused-ring (bicyclic) bond motifs is 3. The summed E-state index contributed by atoms with van der Waals surface area (Å²) in [4.78, 5) is 38.8. The fraction of sp³-hybridized carbons (Fsp3) is 0.464. The molecular formula is C28H31Br2NO10S3. The average molecular weight is 798 g/mol. The Labute approximate surface area is 277 Å². The molecule has 1 saturated heterocycles. The van der Waals surface area contributed by atoms with E-state index in [1.165, 1.54) is 23.3 Å². The van der Waals surface area contributed by atoms with Crippen LogP contribution in [0.2, 0.25) is 0 Å². The van der Waals surface area contributed by atoms with Crippen molar-refractivity contribution in [1.29, 1.82) is 0 Å². The number of rotatable bonds is 6. The van der Waals surface area contributed by atoms with E-state index in [4.69, 9.17) is 13.1 Å². The van der Waals surface area contributed by atoms with Gasteiger partial charge in [0.15, 0.2) is 0 Å². The number of anilines is 1. The zero-order chi connectivity index (χ0) is 32.9. The molecule has 2 aromatic carbocycles. The van der Waals surface area contributed by atoms with Crippen LogP contribution in [0.4, 0.5) is 10.5 Å². The number of Topliss-reactive ketones (excluding diaryl/α,β-unsaturated/α-hetero) is 1. The van der Waals surface area contributed by atoms with E-state index in [9.17, 15) is 31.2 Å². The van der Waals surface area contributed by atoms with Gasteiger partial charge in [-0.25, -0.2) is 9.69 Å². The van der Waals surface area contributed by atoms with Crippen LogP contribution in [0, 0.1) is 0 Å². The van der Waals surface area contributed by atoms with E-state index in [2.05, 4.69) is 44.0 Å². The molecule has 16 heteroatoms. The molecule has 2 heterocycles. The fourth-order valence-electron chi connectivity index (χ4n) is 5.05. The van der Waals surface area contributed by atoms with Gasteiger partial charge in [-0.1, -0.05) is 44.0 Å². The normalized spacial score (nSPS) is 18.3. The number of benzene rings is 2. The Hall–Kier alpha value is -1.82. The summed E-state index contributed by atoms with van der Waals surface area (Å²) >= 11 is 8.58. The van der Waals surface area contributed by atoms with Crippen LogP contribution in [0.3, 0.4) is 0 Å². The summed E-state index contributed by atoms with van der Waals surface area (Å²) in [5.41, 5.74) is -0.179. The van der Waals surface area contributed by atoms with Crippen LogP contribution in [-0.4, -0.2) is 77.5 Å². The molecule has 1 fully saturated rings. The molecule has 3 aliphatic rings. The summed E-state index contributed by atoms with van der Waals surface area (Å²) in [6, 6.07) is 10.7. The highest BCUT2D eigenvalue weighted by Crippen LogP contribution is 2.48. The zero-order valence-electron chi connectivity index (χ0n) is 24.5. The van der Waals surface area contributed by atoms with Crippen molar-refractivity contribution >= 4 is 87.3 Å². The molecule has 5 rings (SSSR count). The molecule has 2 aromatic rings. The number of ether oxygens (including phenoxy) is 1. The number of hydrogen-bond acceptors (Lipinski definition) is 11. The number of ketones is 1. The molecule has 1 aliphatic carbocycles. The second-order valence-electron chi connectivity index (χ2n) is 11.8. The lowest BCUT2D eigenvalue weighted by molar-refractivity contribution is -0.125. The Bertz CT molecular complexity index is 1700. The number of carbonyl (C=O) groups excluding carboxylic acids is 3. The highest BCUT2D eigenvalue weighted by Gasteiger charge is 2.56. The van der Waals surface area contributed by atoms with Gasteiger partial charge < -0.3 is 4.74 Å². The second kappa shape index (κ2) is 12.4. The number of amides is 2. The van der Waals surface area contributed by atoms with Crippen molar-refractivity contribution in [2.75, 3.05) is 42.1 Å². The van der Waals surface area contributed by atoms with Gasteiger partial charge in [0.25, 0.3) is 26.1 Å². The van der Waals surface area contributed by atoms with Crippen molar-refractivity contribution in [3.63, 3.8) is 0 Å². The molecule has 0 atom stereocenters. The first-order valence-electron chi connectivity index (χ1n) is 13.1. The SMILES string of the molecule is CC(C)(C)OC(=O)N1C(=O)C(COS(C)(=O)=O)(COS(C)(=O)=O)c2ccc(Br)cc21.O=C1Cc2cc(Br)ccc2C12CSC2. The largest absolute Gasteiger partial charge is 0.443 e. The van der Waals surface area contributed by atoms with Gasteiger partial charge in [-0.2, -0.15) is 28.6 Å². The molecule has 44 heavy (non-hydrogen) atoms. The number of imide groups is 1. The van der Waals surface area contributed by atoms with E-state index in [0.717, 1.165) is 33.4 Å². The summed E-state index contributed by atoms with van der Waals surface area (Å²) < 4.78 is 63.0. The third kappa shape index (κ3) is 7.42. The Balaban J connectivity index is 0.000000258. The van der Waals surface area contributed by atoms with Gasteiger partial charge in [0.1, 0.15) is 16.8 Å². The molecule has 0 bridgehead atoms. The van der Waals surface area contributed by atoms with Crippen LogP contribution in [-0.2, 0) is 60.2 Å². The lowest BCUT2D eigenvalue weighted by Crippen LogP contribution is -2.50. The Morgan fingerprint density at radius 3 is 1.91 bits per heavy atom. The van der Waals surface area contributed by atoms with E-state index in [1.807, 2.05) is 17.8 Å². The molecule has 0 N–H and O–H groups in total. The second-order valence-corrected chi connectivity index (χ2v) is 17.9. The van der Waals surface area contributed by atoms with Crippen LogP contribution >= 0.6 is 43.6 Å². The fourth-order valence-corrected chi connectivity index (χ4v) is 7.88. The maximum Gasteiger partial charge on any atom is 0.421 e. The quantitative estimate of drug-likeness (QED) is 0.381. The van der Waals surface area contributed by atoms with E-state index in [0.29, 0.717) is 16.7 Å². The maximum absolute atomic E-state index is 13.4. The third-order valence-corrected chi connectivity index (χ3v) is 10.6. The highest BCUT2D eigenvalue weighted by atomic mass is 79.9. The van der Waals surface area contributed by atoms with Crippen LogP contribution in [0.1, 0.15) is 37.5 Å². The Morgan fingerprint density at radius 2 is 1.43 bits per heavy atom. The molecule has 2 amide bonds. The lowest BCUT2D eigenvalue weighted by atomic mass is 9.83. The first kappa shape index (κ1) is 35.0. The van der Waals surface area contributed by atoms with Gasteiger partial charge in [0.2, 0.25) is 0 Å². The molecular weight excluding hydrogens is 766 g/mol. The van der Waals surface area contributed by atoms with Gasteiger partial charge >= 0.3 is 6.09 Å². The minimum absolute atomic E-state index is 0.0952. The van der Waals surface area contributed by atoms with Crippen molar-refractivity contribution in [3.05, 3.63) is 62.0 Å². The summed E-state index contributed by atoms with van der Waals surface area (Å²) in [6.07, 6.45) is 1.19. The standard InChI is InChI=1S/C17H22BrNO9S2.C11H9BrOS/c1-16(2,3)28-15(21)19-13-8-11(18)6-7-12(13)17(14(19)20,9-26-29(4,22)23)10-27-30(5,24)25;12-8-1-2-9-7(3-8)4-10(13)11(9)5-14-6-11/h6-8H,9-10H2,1-5H3;1-3H,4-6H2. The minimum Gasteiger partial charge on any atom is -0.443 e. The van der Waals surface area contributed by atoms with E-state index in [1.54, 1.807) is 26.8 Å². The molecule has 1 spiro atoms. The van der Waals surface area contributed by atoms with Crippen molar-refractivity contribution in [3.8, 4) is 0 Å². The number of halogens is 2. The van der Waals surface area contributed by atoms with Crippen LogP contribution in [0.25, 0.3) is 0 Å². The molecule has 240 valence electrons. The van der Waals surface area contributed by atoms with E-state index in [-0.39, 0.29) is 16.7 Å². The Morgan fingerprint density at radius 1 is 0.909 bits per heavy atom. The minimum atomic E-state index is -4.01. The monoisotopic (exact) mass is 795 g/mol. The lowest BCUT2D eigenvalue weighted by Gasteiger charge is -2.36. The maximum atomic E-state index is 13.4. The zero-order valence-corrected chi connectivity index (χ0v) is 30.1. The molecule has 2 aliphatic heterocycles. The van der Waals surface area contributed by atoms with Gasteiger partial charge in [0, 0.05) is 26.9 Å². The van der Waals surface area contributed by atoms with Gasteiger partial charge in [-0.15, -0.1) is 0 Å².